The van der Waals surface area contributed by atoms with E-state index in [1.165, 1.54) is 0 Å². The minimum absolute atomic E-state index is 0.0466. The molecule has 0 saturated carbocycles. The van der Waals surface area contributed by atoms with Crippen molar-refractivity contribution >= 4 is 77.1 Å². The standard InChI is InChI=1S/C47H75N15O15/c1-25(2)21-31(41(72)56-27(11-6-18-53-46(49)50)38(69)59-30(12-7-19-54-47(51)52)44(75)62-20-8-13-34(62)45(76)77)60-39(70)28(14-16-36(65)66)57-42(73)32(22-26-9-4-3-5-10-26)61-40(71)29(15-17-37(67)68)58-43(74)33(24-63)55-35(64)23-48/h3-5,9-10,25,27-34,63H,6-8,11-24,48H2,1-2H3,(H,55,64)(H,56,72)(H,57,73)(H,58,74)(H,59,69)(H,60,70)(H,61,71)(H,65,66)(H,67,68)(H,76,77)(H4,49,50,53)(H4,51,52,54). The molecule has 1 aromatic carbocycles. The molecule has 428 valence electrons. The van der Waals surface area contributed by atoms with Gasteiger partial charge < -0.3 is 90.4 Å². The molecular formula is C47H75N15O15. The molecule has 0 spiro atoms. The number of carbonyl (C=O) groups excluding carboxylic acids is 8. The Morgan fingerprint density at radius 3 is 1.49 bits per heavy atom. The molecule has 1 aromatic rings. The summed E-state index contributed by atoms with van der Waals surface area (Å²) in [4.78, 5) is 146. The highest BCUT2D eigenvalue weighted by Gasteiger charge is 2.39. The van der Waals surface area contributed by atoms with E-state index in [0.717, 1.165) is 4.90 Å². The lowest BCUT2D eigenvalue weighted by Gasteiger charge is -2.30. The molecule has 1 aliphatic rings. The highest BCUT2D eigenvalue weighted by atomic mass is 16.4. The molecule has 8 atom stereocenters. The molecular weight excluding hydrogens is 1010 g/mol. The van der Waals surface area contributed by atoms with E-state index in [2.05, 4.69) is 47.9 Å². The molecule has 0 aliphatic carbocycles. The second-order valence-corrected chi connectivity index (χ2v) is 18.6. The number of aliphatic hydroxyl groups is 1. The van der Waals surface area contributed by atoms with Crippen molar-refractivity contribution in [3.05, 3.63) is 35.9 Å². The number of hydrogen-bond acceptors (Lipinski definition) is 15. The number of carbonyl (C=O) groups is 11. The Balaban J connectivity index is 2.52. The largest absolute Gasteiger partial charge is 0.481 e. The first-order valence-corrected chi connectivity index (χ1v) is 25.0. The van der Waals surface area contributed by atoms with E-state index in [0.29, 0.717) is 12.0 Å². The third kappa shape index (κ3) is 24.4. The summed E-state index contributed by atoms with van der Waals surface area (Å²) in [5.74, 6) is -12.7. The second-order valence-electron chi connectivity index (χ2n) is 18.6. The van der Waals surface area contributed by atoms with Crippen LogP contribution in [-0.4, -0.2) is 184 Å². The van der Waals surface area contributed by atoms with Gasteiger partial charge in [-0.1, -0.05) is 44.2 Å². The van der Waals surface area contributed by atoms with Gasteiger partial charge in [0.2, 0.25) is 47.3 Å². The summed E-state index contributed by atoms with van der Waals surface area (Å²) < 4.78 is 0. The first-order valence-electron chi connectivity index (χ1n) is 25.0. The molecule has 21 N–H and O–H groups in total. The number of nitrogens with zero attached hydrogens (tertiary/aromatic N) is 1. The van der Waals surface area contributed by atoms with Gasteiger partial charge in [0.05, 0.1) is 13.2 Å². The van der Waals surface area contributed by atoms with E-state index in [9.17, 15) is 73.2 Å². The molecule has 30 heteroatoms. The number of carboxylic acids is 3. The molecule has 30 nitrogen and oxygen atoms in total. The van der Waals surface area contributed by atoms with E-state index in [-0.39, 0.29) is 82.4 Å². The summed E-state index contributed by atoms with van der Waals surface area (Å²) in [5, 5.41) is 75.9. The minimum Gasteiger partial charge on any atom is -0.481 e. The summed E-state index contributed by atoms with van der Waals surface area (Å²) in [6, 6.07) is -3.90. The van der Waals surface area contributed by atoms with Gasteiger partial charge in [-0.25, -0.2) is 4.79 Å². The Bertz CT molecular complexity index is 2240. The van der Waals surface area contributed by atoms with Crippen LogP contribution in [0.15, 0.2) is 30.3 Å². The molecule has 8 amide bonds. The van der Waals surface area contributed by atoms with Gasteiger partial charge in [0, 0.05) is 38.9 Å². The fourth-order valence-electron chi connectivity index (χ4n) is 7.99. The fraction of sp³-hybridized carbons (Fsp3) is 0.596. The average Bonchev–Trinajstić information content (AvgIpc) is 3.87. The molecule has 77 heavy (non-hydrogen) atoms. The van der Waals surface area contributed by atoms with Gasteiger partial charge in [-0.3, -0.25) is 58.8 Å². The molecule has 2 rings (SSSR count). The van der Waals surface area contributed by atoms with Crippen LogP contribution in [0.2, 0.25) is 0 Å². The lowest BCUT2D eigenvalue weighted by molar-refractivity contribution is -0.149. The zero-order chi connectivity index (χ0) is 57.8. The number of guanidine groups is 2. The maximum atomic E-state index is 14.3. The Kier molecular flexibility index (Phi) is 28.4. The Labute approximate surface area is 443 Å². The highest BCUT2D eigenvalue weighted by molar-refractivity contribution is 5.98. The van der Waals surface area contributed by atoms with Crippen LogP contribution in [0.3, 0.4) is 0 Å². The quantitative estimate of drug-likeness (QED) is 0.0172. The number of nitrogens with one attached hydrogen (secondary N) is 11. The van der Waals surface area contributed by atoms with Crippen molar-refractivity contribution in [2.24, 2.45) is 23.1 Å². The molecule has 1 heterocycles. The lowest BCUT2D eigenvalue weighted by Crippen LogP contribution is -2.61. The third-order valence-corrected chi connectivity index (χ3v) is 11.9. The van der Waals surface area contributed by atoms with Gasteiger partial charge in [0.25, 0.3) is 0 Å². The zero-order valence-electron chi connectivity index (χ0n) is 43.1. The van der Waals surface area contributed by atoms with Crippen LogP contribution >= 0.6 is 0 Å². The molecule has 8 unspecified atom stereocenters. The third-order valence-electron chi connectivity index (χ3n) is 11.9. The number of aliphatic carboxylic acids is 3. The average molecular weight is 1090 g/mol. The first-order chi connectivity index (χ1) is 36.4. The van der Waals surface area contributed by atoms with E-state index in [1.54, 1.807) is 44.2 Å². The molecule has 1 fully saturated rings. The molecule has 0 radical (unpaired) electrons. The summed E-state index contributed by atoms with van der Waals surface area (Å²) in [6.07, 6.45) is -2.16. The highest BCUT2D eigenvalue weighted by Crippen LogP contribution is 2.20. The topological polar surface area (TPSA) is 506 Å². The van der Waals surface area contributed by atoms with E-state index in [4.69, 9.17) is 28.0 Å². The van der Waals surface area contributed by atoms with Gasteiger partial charge in [-0.2, -0.15) is 0 Å². The fourth-order valence-corrected chi connectivity index (χ4v) is 7.99. The van der Waals surface area contributed by atoms with Gasteiger partial charge in [0.15, 0.2) is 11.9 Å². The normalized spacial score (nSPS) is 15.6. The van der Waals surface area contributed by atoms with Crippen LogP contribution < -0.4 is 65.1 Å². The Morgan fingerprint density at radius 2 is 1.04 bits per heavy atom. The SMILES string of the molecule is CC(C)CC(NC(=O)C(CCC(=O)O)NC(=O)C(Cc1ccccc1)NC(=O)C(CCC(=O)O)NC(=O)C(CO)NC(=O)CN)C(=O)NC(CCCNC(=N)N)C(=O)NC(CCCNC(=N)N)C(=O)N1CCCC1C(=O)O. The van der Waals surface area contributed by atoms with Gasteiger partial charge in [-0.05, 0) is 69.3 Å². The number of carboxylic acid groups (broad SMARTS) is 3. The van der Waals surface area contributed by atoms with Gasteiger partial charge in [0.1, 0.15) is 48.3 Å². The molecule has 1 aliphatic heterocycles. The van der Waals surface area contributed by atoms with Crippen LogP contribution in [0.1, 0.15) is 90.0 Å². The summed E-state index contributed by atoms with van der Waals surface area (Å²) >= 11 is 0. The van der Waals surface area contributed by atoms with Crippen molar-refractivity contribution < 1.29 is 73.2 Å². The predicted molar refractivity (Wildman–Crippen MR) is 274 cm³/mol. The van der Waals surface area contributed by atoms with Crippen LogP contribution in [0, 0.1) is 16.7 Å². The summed E-state index contributed by atoms with van der Waals surface area (Å²) in [7, 11) is 0. The molecule has 1 saturated heterocycles. The van der Waals surface area contributed by atoms with Crippen LogP contribution in [0.5, 0.6) is 0 Å². The predicted octanol–water partition coefficient (Wildman–Crippen LogP) is -5.05. The number of likely N-dealkylation sites (tertiary alicyclic amines) is 1. The van der Waals surface area contributed by atoms with Gasteiger partial charge >= 0.3 is 17.9 Å². The molecule has 0 aromatic heterocycles. The van der Waals surface area contributed by atoms with Crippen molar-refractivity contribution in [3.8, 4) is 0 Å². The number of benzene rings is 1. The summed E-state index contributed by atoms with van der Waals surface area (Å²) in [5.41, 5.74) is 16.6. The van der Waals surface area contributed by atoms with Crippen molar-refractivity contribution in [1.82, 2.24) is 52.8 Å². The van der Waals surface area contributed by atoms with Crippen LogP contribution in [0.25, 0.3) is 0 Å². The first kappa shape index (κ1) is 65.0. The number of aliphatic hydroxyl groups excluding tert-OH is 1. The van der Waals surface area contributed by atoms with Crippen molar-refractivity contribution in [3.63, 3.8) is 0 Å². The summed E-state index contributed by atoms with van der Waals surface area (Å²) in [6.45, 7) is 2.17. The minimum atomic E-state index is -1.71. The maximum Gasteiger partial charge on any atom is 0.326 e. The monoisotopic (exact) mass is 1090 g/mol. The molecule has 0 bridgehead atoms. The number of rotatable bonds is 35. The Morgan fingerprint density at radius 1 is 0.610 bits per heavy atom. The van der Waals surface area contributed by atoms with E-state index < -0.39 is 152 Å². The zero-order valence-corrected chi connectivity index (χ0v) is 43.1. The van der Waals surface area contributed by atoms with Crippen molar-refractivity contribution in [2.75, 3.05) is 32.8 Å². The van der Waals surface area contributed by atoms with E-state index in [1.807, 2.05) is 0 Å². The number of amides is 8. The van der Waals surface area contributed by atoms with Crippen molar-refractivity contribution in [2.45, 2.75) is 139 Å². The van der Waals surface area contributed by atoms with Crippen molar-refractivity contribution in [1.29, 1.82) is 10.8 Å². The van der Waals surface area contributed by atoms with E-state index >= 15 is 0 Å². The second kappa shape index (κ2) is 33.7. The number of nitrogens with two attached hydrogens (primary N) is 3. The number of hydrogen-bond donors (Lipinski definition) is 18. The lowest BCUT2D eigenvalue weighted by atomic mass is 10.00. The maximum absolute atomic E-state index is 14.3. The van der Waals surface area contributed by atoms with Gasteiger partial charge in [-0.15, -0.1) is 0 Å². The smallest absolute Gasteiger partial charge is 0.326 e. The van der Waals surface area contributed by atoms with Crippen LogP contribution in [-0.2, 0) is 59.2 Å². The Hall–Kier alpha value is -8.15. The van der Waals surface area contributed by atoms with Crippen LogP contribution in [0.4, 0.5) is 0 Å².